The fraction of sp³-hybridized carbons (Fsp3) is 0. The van der Waals surface area contributed by atoms with Crippen LogP contribution in [0.1, 0.15) is 28.3 Å². The molecule has 4 nitrogen and oxygen atoms in total. The molecule has 3 aromatic heterocycles. The Hall–Kier alpha value is -4.24. The second-order valence-electron chi connectivity index (χ2n) is 8.04. The topological polar surface area (TPSA) is 57.4 Å². The molecular weight excluding hydrogens is 499 g/mol. The van der Waals surface area contributed by atoms with Crippen molar-refractivity contribution < 1.29 is 22.0 Å². The summed E-state index contributed by atoms with van der Waals surface area (Å²) in [6.45, 7) is 0. The molecule has 0 unspecified atom stereocenters. The van der Waals surface area contributed by atoms with Gasteiger partial charge in [-0.2, -0.15) is 0 Å². The first-order valence-electron chi connectivity index (χ1n) is 10.5. The summed E-state index contributed by atoms with van der Waals surface area (Å²) in [5.41, 5.74) is 3.09. The van der Waals surface area contributed by atoms with Gasteiger partial charge in [0.2, 0.25) is 5.82 Å². The third kappa shape index (κ3) is 3.97. The van der Waals surface area contributed by atoms with Gasteiger partial charge >= 0.3 is 0 Å². The van der Waals surface area contributed by atoms with Crippen molar-refractivity contribution in [2.45, 2.75) is 0 Å². The number of benzene rings is 1. The molecule has 5 heterocycles. The van der Waals surface area contributed by atoms with Gasteiger partial charge in [-0.3, -0.25) is 0 Å². The van der Waals surface area contributed by atoms with Crippen molar-refractivity contribution in [3.63, 3.8) is 0 Å². The van der Waals surface area contributed by atoms with Crippen LogP contribution in [0, 0.1) is 29.1 Å². The van der Waals surface area contributed by atoms with Crippen LogP contribution in [0.15, 0.2) is 48.5 Å². The van der Waals surface area contributed by atoms with Crippen LogP contribution in [0.3, 0.4) is 0 Å². The van der Waals surface area contributed by atoms with Gasteiger partial charge in [0.1, 0.15) is 0 Å². The fourth-order valence-electron chi connectivity index (χ4n) is 4.06. The van der Waals surface area contributed by atoms with Crippen LogP contribution < -0.4 is 0 Å². The Bertz CT molecular complexity index is 1740. The minimum absolute atomic E-state index is 0. The van der Waals surface area contributed by atoms with E-state index < -0.39 is 34.6 Å². The van der Waals surface area contributed by atoms with E-state index in [1.165, 1.54) is 12.1 Å². The number of rotatable bonds is 1. The highest BCUT2D eigenvalue weighted by atomic mass is 35.5. The first kappa shape index (κ1) is 23.5. The lowest BCUT2D eigenvalue weighted by atomic mass is 10.0. The van der Waals surface area contributed by atoms with E-state index in [-0.39, 0.29) is 29.4 Å². The molecule has 2 aliphatic heterocycles. The van der Waals surface area contributed by atoms with E-state index in [0.29, 0.717) is 22.2 Å². The Labute approximate surface area is 206 Å². The summed E-state index contributed by atoms with van der Waals surface area (Å²) in [5.74, 6) is -10.1. The van der Waals surface area contributed by atoms with Crippen molar-refractivity contribution in [3.8, 4) is 0 Å². The summed E-state index contributed by atoms with van der Waals surface area (Å²) in [6.07, 6.45) is 5.02. The van der Waals surface area contributed by atoms with Crippen molar-refractivity contribution in [1.29, 1.82) is 0 Å². The zero-order valence-corrected chi connectivity index (χ0v) is 18.9. The van der Waals surface area contributed by atoms with Crippen molar-refractivity contribution >= 4 is 58.3 Å². The summed E-state index contributed by atoms with van der Waals surface area (Å²) < 4.78 is 70.9. The number of hydrogen-bond donors (Lipinski definition) is 2. The summed E-state index contributed by atoms with van der Waals surface area (Å²) in [6, 6.07) is 13.8. The lowest BCUT2D eigenvalue weighted by Gasteiger charge is -2.09. The van der Waals surface area contributed by atoms with Crippen LogP contribution >= 0.6 is 12.4 Å². The smallest absolute Gasteiger partial charge is 0.200 e. The van der Waals surface area contributed by atoms with Crippen LogP contribution in [0.25, 0.3) is 45.9 Å². The number of aromatic amines is 2. The largest absolute Gasteiger partial charge is 0.355 e. The standard InChI is InChI=1S/C26H13F5N4.ClH/c27-22-21(23(28)25(30)26(31)24(22)29)19-10-18-9-16-4-3-14(33-16)7-12-1-2-13(32-12)8-15-5-6-17(34-15)11-20(19)35-18;/h1-11,33-34H;1H. The predicted octanol–water partition coefficient (Wildman–Crippen LogP) is 7.19. The van der Waals surface area contributed by atoms with E-state index >= 15 is 0 Å². The van der Waals surface area contributed by atoms with Crippen molar-refractivity contribution in [2.75, 3.05) is 0 Å². The van der Waals surface area contributed by atoms with Gasteiger partial charge in [-0.25, -0.2) is 31.9 Å². The van der Waals surface area contributed by atoms with Gasteiger partial charge in [0, 0.05) is 27.6 Å². The highest BCUT2D eigenvalue weighted by Crippen LogP contribution is 2.35. The normalized spacial score (nSPS) is 12.4. The van der Waals surface area contributed by atoms with E-state index in [9.17, 15) is 22.0 Å². The molecule has 0 atom stereocenters. The quantitative estimate of drug-likeness (QED) is 0.139. The van der Waals surface area contributed by atoms with Crippen molar-refractivity contribution in [1.82, 2.24) is 19.9 Å². The summed E-state index contributed by atoms with van der Waals surface area (Å²) >= 11 is 0. The van der Waals surface area contributed by atoms with E-state index in [1.807, 2.05) is 30.4 Å². The molecule has 180 valence electrons. The van der Waals surface area contributed by atoms with Crippen LogP contribution in [0.4, 0.5) is 22.0 Å². The molecule has 36 heavy (non-hydrogen) atoms. The van der Waals surface area contributed by atoms with Gasteiger partial charge in [-0.15, -0.1) is 12.4 Å². The Balaban J connectivity index is 0.00000267. The maximum absolute atomic E-state index is 14.7. The molecule has 10 heteroatoms. The van der Waals surface area contributed by atoms with Gasteiger partial charge in [0.25, 0.3) is 0 Å². The lowest BCUT2D eigenvalue weighted by molar-refractivity contribution is 0.376. The molecule has 0 aliphatic carbocycles. The first-order valence-corrected chi connectivity index (χ1v) is 10.5. The number of nitrogens with one attached hydrogen (secondary N) is 2. The van der Waals surface area contributed by atoms with Gasteiger partial charge in [0.05, 0.1) is 28.3 Å². The Morgan fingerprint density at radius 2 is 0.972 bits per heavy atom. The average Bonchev–Trinajstić information content (AvgIpc) is 3.62. The van der Waals surface area contributed by atoms with Gasteiger partial charge < -0.3 is 9.97 Å². The minimum atomic E-state index is -2.21. The van der Waals surface area contributed by atoms with Crippen LogP contribution in [0.2, 0.25) is 0 Å². The maximum atomic E-state index is 14.7. The number of H-pyrrole nitrogens is 2. The first-order chi connectivity index (χ1) is 16.9. The molecule has 8 bridgehead atoms. The maximum Gasteiger partial charge on any atom is 0.200 e. The van der Waals surface area contributed by atoms with Crippen LogP contribution in [-0.4, -0.2) is 19.9 Å². The molecule has 0 saturated heterocycles. The Kier molecular flexibility index (Phi) is 5.72. The molecule has 4 aromatic rings. The predicted molar refractivity (Wildman–Crippen MR) is 130 cm³/mol. The zero-order chi connectivity index (χ0) is 24.3. The summed E-state index contributed by atoms with van der Waals surface area (Å²) in [7, 11) is 0. The van der Waals surface area contributed by atoms with E-state index in [0.717, 1.165) is 11.2 Å². The highest BCUT2D eigenvalue weighted by Gasteiger charge is 2.29. The molecule has 1 aromatic carbocycles. The van der Waals surface area contributed by atoms with E-state index in [1.54, 1.807) is 24.3 Å². The number of fused-ring (bicyclic) bond motifs is 8. The molecular formula is C26H14ClF5N4. The van der Waals surface area contributed by atoms with Crippen LogP contribution in [-0.2, 0) is 0 Å². The van der Waals surface area contributed by atoms with Crippen LogP contribution in [0.5, 0.6) is 0 Å². The number of nitrogens with zero attached hydrogens (tertiary/aromatic N) is 2. The Morgan fingerprint density at radius 1 is 0.528 bits per heavy atom. The van der Waals surface area contributed by atoms with Crippen molar-refractivity contribution in [2.24, 2.45) is 0 Å². The molecule has 2 aliphatic rings. The molecule has 2 N–H and O–H groups in total. The monoisotopic (exact) mass is 512 g/mol. The number of hydrogen-bond acceptors (Lipinski definition) is 2. The van der Waals surface area contributed by atoms with Gasteiger partial charge in [-0.05, 0) is 66.8 Å². The molecule has 0 spiro atoms. The third-order valence-electron chi connectivity index (χ3n) is 5.64. The average molecular weight is 513 g/mol. The SMILES string of the molecule is Cl.Fc1c(F)c(F)c(C2=Cc3cc4ccc(cc5nc(cc6ccc(cc2n3)[nH]6)C=C5)[nH]4)c(F)c1F. The molecule has 6 rings (SSSR count). The Morgan fingerprint density at radius 3 is 1.50 bits per heavy atom. The lowest BCUT2D eigenvalue weighted by Crippen LogP contribution is -2.06. The zero-order valence-electron chi connectivity index (χ0n) is 18.0. The molecule has 0 amide bonds. The number of halogens is 6. The summed E-state index contributed by atoms with van der Waals surface area (Å²) in [5, 5.41) is 0. The van der Waals surface area contributed by atoms with Crippen molar-refractivity contribution in [3.05, 3.63) is 106 Å². The minimum Gasteiger partial charge on any atom is -0.355 e. The van der Waals surface area contributed by atoms with Gasteiger partial charge in [-0.1, -0.05) is 0 Å². The highest BCUT2D eigenvalue weighted by molar-refractivity contribution is 5.94. The second kappa shape index (κ2) is 8.76. The second-order valence-corrected chi connectivity index (χ2v) is 8.04. The van der Waals surface area contributed by atoms with Gasteiger partial charge in [0.15, 0.2) is 23.3 Å². The van der Waals surface area contributed by atoms with E-state index in [2.05, 4.69) is 19.9 Å². The molecule has 0 radical (unpaired) electrons. The molecule has 0 fully saturated rings. The number of aromatic nitrogens is 4. The summed E-state index contributed by atoms with van der Waals surface area (Å²) in [4.78, 5) is 15.2. The molecule has 0 saturated carbocycles. The van der Waals surface area contributed by atoms with E-state index in [4.69, 9.17) is 0 Å². The fourth-order valence-corrected chi connectivity index (χ4v) is 4.06. The third-order valence-corrected chi connectivity index (χ3v) is 5.64.